The van der Waals surface area contributed by atoms with E-state index in [1.807, 2.05) is 6.07 Å². The number of nitrogens with zero attached hydrogens (tertiary/aromatic N) is 2. The molecule has 0 bridgehead atoms. The fourth-order valence-corrected chi connectivity index (χ4v) is 9.71. The summed E-state index contributed by atoms with van der Waals surface area (Å²) in [5.41, 5.74) is 16.0. The van der Waals surface area contributed by atoms with Crippen LogP contribution in [0.3, 0.4) is 0 Å². The van der Waals surface area contributed by atoms with Gasteiger partial charge in [-0.2, -0.15) is 0 Å². The summed E-state index contributed by atoms with van der Waals surface area (Å²) in [6.45, 7) is 0. The fourth-order valence-electron chi connectivity index (χ4n) is 9.71. The van der Waals surface area contributed by atoms with Crippen LogP contribution in [0.5, 0.6) is 0 Å². The average Bonchev–Trinajstić information content (AvgIpc) is 3.85. The highest BCUT2D eigenvalue weighted by Gasteiger charge is 2.27. The lowest BCUT2D eigenvalue weighted by Crippen LogP contribution is -2.11. The first-order valence-electron chi connectivity index (χ1n) is 20.2. The van der Waals surface area contributed by atoms with E-state index < -0.39 is 0 Å². The third kappa shape index (κ3) is 4.76. The molecule has 3 heteroatoms. The maximum atomic E-state index is 6.80. The predicted molar refractivity (Wildman–Crippen MR) is 248 cm³/mol. The van der Waals surface area contributed by atoms with E-state index in [0.717, 1.165) is 50.1 Å². The van der Waals surface area contributed by atoms with Gasteiger partial charge in [-0.1, -0.05) is 121 Å². The Hall–Kier alpha value is -7.88. The molecule has 59 heavy (non-hydrogen) atoms. The molecule has 1 aliphatic carbocycles. The second-order valence-electron chi connectivity index (χ2n) is 15.7. The molecule has 0 unspecified atom stereocenters. The van der Waals surface area contributed by atoms with Crippen molar-refractivity contribution >= 4 is 82.4 Å². The molecule has 0 spiro atoms. The second kappa shape index (κ2) is 12.3. The van der Waals surface area contributed by atoms with Gasteiger partial charge in [0, 0.05) is 44.2 Å². The summed E-state index contributed by atoms with van der Waals surface area (Å²) in [6, 6.07) is 74.9. The Labute approximate surface area is 340 Å². The van der Waals surface area contributed by atoms with Crippen LogP contribution < -0.4 is 4.90 Å². The summed E-state index contributed by atoms with van der Waals surface area (Å²) in [7, 11) is 0. The predicted octanol–water partition coefficient (Wildman–Crippen LogP) is 15.8. The minimum absolute atomic E-state index is 0.871. The Morgan fingerprint density at radius 3 is 1.61 bits per heavy atom. The Bertz CT molecular complexity index is 3620. The van der Waals surface area contributed by atoms with Crippen molar-refractivity contribution in [3.63, 3.8) is 0 Å². The van der Waals surface area contributed by atoms with E-state index in [1.54, 1.807) is 0 Å². The monoisotopic (exact) mass is 750 g/mol. The Morgan fingerprint density at radius 2 is 0.915 bits per heavy atom. The largest absolute Gasteiger partial charge is 0.454 e. The van der Waals surface area contributed by atoms with Crippen LogP contribution in [0, 0.1) is 0 Å². The molecule has 0 saturated heterocycles. The topological polar surface area (TPSA) is 21.3 Å². The first-order chi connectivity index (χ1) is 29.2. The van der Waals surface area contributed by atoms with Crippen molar-refractivity contribution in [3.8, 4) is 39.1 Å². The minimum Gasteiger partial charge on any atom is -0.454 e. The summed E-state index contributed by atoms with van der Waals surface area (Å²) in [4.78, 5) is 2.38. The van der Waals surface area contributed by atoms with E-state index in [4.69, 9.17) is 4.42 Å². The number of fused-ring (bicyclic) bond motifs is 12. The van der Waals surface area contributed by atoms with Gasteiger partial charge in [0.25, 0.3) is 0 Å². The van der Waals surface area contributed by atoms with Gasteiger partial charge in [0.05, 0.1) is 16.7 Å². The fraction of sp³-hybridized carbons (Fsp3) is 0. The summed E-state index contributed by atoms with van der Waals surface area (Å²) in [5, 5.41) is 9.68. The summed E-state index contributed by atoms with van der Waals surface area (Å²) >= 11 is 0. The highest BCUT2D eigenvalue weighted by Crippen LogP contribution is 2.52. The lowest BCUT2D eigenvalue weighted by molar-refractivity contribution is 0.669. The summed E-state index contributed by atoms with van der Waals surface area (Å²) < 4.78 is 9.20. The van der Waals surface area contributed by atoms with Crippen molar-refractivity contribution < 1.29 is 4.42 Å². The highest BCUT2D eigenvalue weighted by molar-refractivity contribution is 6.16. The number of aromatic nitrogens is 1. The van der Waals surface area contributed by atoms with Crippen LogP contribution in [-0.2, 0) is 0 Å². The van der Waals surface area contributed by atoms with Crippen molar-refractivity contribution in [2.24, 2.45) is 0 Å². The zero-order valence-electron chi connectivity index (χ0n) is 31.9. The first kappa shape index (κ1) is 32.2. The third-order valence-electron chi connectivity index (χ3n) is 12.4. The van der Waals surface area contributed by atoms with Gasteiger partial charge >= 0.3 is 0 Å². The SMILES string of the molecule is c1ccc(-c2ccc3c(oc4ccccc43)c2N(c2ccccc2)c2ccc3cc4c(cc3c2)-c2cc3ccc(-n5c6ccccc6c6ccccc65)cc3cc2-4)cc1. The van der Waals surface area contributed by atoms with Crippen molar-refractivity contribution in [1.82, 2.24) is 4.57 Å². The normalized spacial score (nSPS) is 12.1. The minimum atomic E-state index is 0.871. The van der Waals surface area contributed by atoms with Gasteiger partial charge < -0.3 is 13.9 Å². The number of hydrogen-bond donors (Lipinski definition) is 0. The van der Waals surface area contributed by atoms with Crippen LogP contribution in [0.1, 0.15) is 0 Å². The Kier molecular flexibility index (Phi) is 6.72. The van der Waals surface area contributed by atoms with Gasteiger partial charge in [-0.3, -0.25) is 0 Å². The molecule has 0 saturated carbocycles. The van der Waals surface area contributed by atoms with E-state index in [2.05, 4.69) is 210 Å². The molecule has 2 heterocycles. The van der Waals surface area contributed by atoms with Crippen LogP contribution >= 0.6 is 0 Å². The average molecular weight is 751 g/mol. The molecule has 10 aromatic carbocycles. The maximum Gasteiger partial charge on any atom is 0.160 e. The van der Waals surface area contributed by atoms with Gasteiger partial charge in [-0.05, 0) is 134 Å². The van der Waals surface area contributed by atoms with E-state index in [9.17, 15) is 0 Å². The molecular formula is C56H34N2O. The van der Waals surface area contributed by atoms with Gasteiger partial charge in [0.1, 0.15) is 5.58 Å². The van der Waals surface area contributed by atoms with Gasteiger partial charge in [-0.25, -0.2) is 0 Å². The van der Waals surface area contributed by atoms with Crippen molar-refractivity contribution in [1.29, 1.82) is 0 Å². The number of anilines is 3. The first-order valence-corrected chi connectivity index (χ1v) is 20.2. The molecule has 0 atom stereocenters. The highest BCUT2D eigenvalue weighted by atomic mass is 16.3. The lowest BCUT2D eigenvalue weighted by Gasteiger charge is -2.29. The zero-order chi connectivity index (χ0) is 38.6. The van der Waals surface area contributed by atoms with Crippen molar-refractivity contribution in [2.45, 2.75) is 0 Å². The van der Waals surface area contributed by atoms with Gasteiger partial charge in [0.2, 0.25) is 0 Å². The van der Waals surface area contributed by atoms with E-state index in [-0.39, 0.29) is 0 Å². The molecule has 3 nitrogen and oxygen atoms in total. The van der Waals surface area contributed by atoms with E-state index >= 15 is 0 Å². The van der Waals surface area contributed by atoms with Crippen molar-refractivity contribution in [3.05, 3.63) is 206 Å². The maximum absolute atomic E-state index is 6.80. The Morgan fingerprint density at radius 1 is 0.356 bits per heavy atom. The van der Waals surface area contributed by atoms with E-state index in [0.29, 0.717) is 0 Å². The second-order valence-corrected chi connectivity index (χ2v) is 15.7. The summed E-state index contributed by atoms with van der Waals surface area (Å²) in [5.74, 6) is 0. The number of para-hydroxylation sites is 4. The molecule has 274 valence electrons. The molecule has 12 aromatic rings. The molecule has 0 N–H and O–H groups in total. The van der Waals surface area contributed by atoms with E-state index in [1.165, 1.54) is 71.3 Å². The molecule has 0 fully saturated rings. The smallest absolute Gasteiger partial charge is 0.160 e. The molecule has 0 aliphatic heterocycles. The molecule has 0 radical (unpaired) electrons. The van der Waals surface area contributed by atoms with Crippen LogP contribution in [0.4, 0.5) is 17.1 Å². The molecule has 2 aromatic heterocycles. The number of furan rings is 1. The van der Waals surface area contributed by atoms with Crippen LogP contribution in [0.25, 0.3) is 104 Å². The molecular weight excluding hydrogens is 717 g/mol. The van der Waals surface area contributed by atoms with Gasteiger partial charge in [-0.15, -0.1) is 0 Å². The third-order valence-corrected chi connectivity index (χ3v) is 12.4. The summed E-state index contributed by atoms with van der Waals surface area (Å²) in [6.07, 6.45) is 0. The standard InChI is InChI=1S/C56H34N2O/c1-3-13-35(14-4-1)43-27-28-47-46-19-9-12-22-54(46)59-56(47)55(43)57(40-15-5-2-6-16-40)41-25-23-36-31-48-50(33-38(36)29-41)49-32-37-24-26-42(30-39(37)34-51(48)49)58-52-20-10-7-17-44(52)45-18-8-11-21-53(45)58/h1-34H. The number of rotatable bonds is 5. The number of hydrogen-bond acceptors (Lipinski definition) is 2. The zero-order valence-corrected chi connectivity index (χ0v) is 31.9. The lowest BCUT2D eigenvalue weighted by atomic mass is 9.78. The van der Waals surface area contributed by atoms with Crippen molar-refractivity contribution in [2.75, 3.05) is 4.90 Å². The van der Waals surface area contributed by atoms with Crippen LogP contribution in [0.2, 0.25) is 0 Å². The van der Waals surface area contributed by atoms with Crippen LogP contribution in [0.15, 0.2) is 211 Å². The van der Waals surface area contributed by atoms with Crippen LogP contribution in [-0.4, -0.2) is 4.57 Å². The molecule has 13 rings (SSSR count). The quantitative estimate of drug-likeness (QED) is 0.175. The van der Waals surface area contributed by atoms with Gasteiger partial charge in [0.15, 0.2) is 5.58 Å². The number of benzene rings is 10. The molecule has 0 amide bonds. The Balaban J connectivity index is 0.958. The molecule has 1 aliphatic rings.